The molecule has 8 heteroatoms. The highest BCUT2D eigenvalue weighted by molar-refractivity contribution is 14.1. The SMILES string of the molecule is Fc1cccc(Cl)c1COc1ccc(-c2nn[nH]n2)cc1I. The second-order valence-corrected chi connectivity index (χ2v) is 5.94. The molecular formula is C14H9ClFIN4O. The van der Waals surface area contributed by atoms with Crippen molar-refractivity contribution in [2.75, 3.05) is 0 Å². The van der Waals surface area contributed by atoms with E-state index in [4.69, 9.17) is 16.3 Å². The monoisotopic (exact) mass is 430 g/mol. The van der Waals surface area contributed by atoms with Gasteiger partial charge in [-0.3, -0.25) is 0 Å². The Morgan fingerprint density at radius 2 is 2.14 bits per heavy atom. The normalized spacial score (nSPS) is 10.7. The zero-order chi connectivity index (χ0) is 15.5. The predicted octanol–water partition coefficient (Wildman–Crippen LogP) is 3.84. The number of rotatable bonds is 4. The molecule has 0 fully saturated rings. The Bertz CT molecular complexity index is 777. The highest BCUT2D eigenvalue weighted by Crippen LogP contribution is 2.28. The lowest BCUT2D eigenvalue weighted by Gasteiger charge is -2.10. The molecule has 22 heavy (non-hydrogen) atoms. The number of hydrogen-bond acceptors (Lipinski definition) is 4. The van der Waals surface area contributed by atoms with Gasteiger partial charge in [0.15, 0.2) is 0 Å². The van der Waals surface area contributed by atoms with Gasteiger partial charge in [-0.25, -0.2) is 4.39 Å². The Labute approximate surface area is 144 Å². The Kier molecular flexibility index (Phi) is 4.53. The van der Waals surface area contributed by atoms with E-state index in [9.17, 15) is 4.39 Å². The van der Waals surface area contributed by atoms with Gasteiger partial charge >= 0.3 is 0 Å². The van der Waals surface area contributed by atoms with Crippen molar-refractivity contribution in [1.82, 2.24) is 20.6 Å². The lowest BCUT2D eigenvalue weighted by atomic mass is 10.2. The summed E-state index contributed by atoms with van der Waals surface area (Å²) in [6, 6.07) is 10.0. The van der Waals surface area contributed by atoms with Crippen LogP contribution in [0, 0.1) is 9.39 Å². The van der Waals surface area contributed by atoms with Crippen LogP contribution >= 0.6 is 34.2 Å². The van der Waals surface area contributed by atoms with Crippen molar-refractivity contribution in [1.29, 1.82) is 0 Å². The number of benzene rings is 2. The van der Waals surface area contributed by atoms with Crippen LogP contribution in [0.5, 0.6) is 5.75 Å². The van der Waals surface area contributed by atoms with E-state index in [2.05, 4.69) is 43.2 Å². The largest absolute Gasteiger partial charge is 0.488 e. The summed E-state index contributed by atoms with van der Waals surface area (Å²) in [5, 5.41) is 14.1. The first-order valence-electron chi connectivity index (χ1n) is 6.24. The number of tetrazole rings is 1. The molecule has 1 aromatic heterocycles. The fourth-order valence-electron chi connectivity index (χ4n) is 1.86. The fraction of sp³-hybridized carbons (Fsp3) is 0.0714. The van der Waals surface area contributed by atoms with E-state index in [0.717, 1.165) is 9.13 Å². The van der Waals surface area contributed by atoms with E-state index < -0.39 is 0 Å². The molecule has 3 aromatic rings. The molecule has 2 aromatic carbocycles. The van der Waals surface area contributed by atoms with Crippen LogP contribution in [-0.4, -0.2) is 20.6 Å². The Morgan fingerprint density at radius 3 is 2.82 bits per heavy atom. The van der Waals surface area contributed by atoms with Gasteiger partial charge < -0.3 is 4.74 Å². The summed E-state index contributed by atoms with van der Waals surface area (Å²) in [5.41, 5.74) is 1.15. The Balaban J connectivity index is 1.79. The van der Waals surface area contributed by atoms with E-state index in [1.807, 2.05) is 12.1 Å². The molecule has 0 aliphatic heterocycles. The summed E-state index contributed by atoms with van der Waals surface area (Å²) in [6.45, 7) is 0.0586. The van der Waals surface area contributed by atoms with Crippen LogP contribution in [0.1, 0.15) is 5.56 Å². The lowest BCUT2D eigenvalue weighted by Crippen LogP contribution is -2.01. The maximum atomic E-state index is 13.7. The molecule has 0 unspecified atom stereocenters. The van der Waals surface area contributed by atoms with Gasteiger partial charge in [-0.05, 0) is 58.1 Å². The lowest BCUT2D eigenvalue weighted by molar-refractivity contribution is 0.298. The molecule has 0 bridgehead atoms. The molecule has 0 amide bonds. The highest BCUT2D eigenvalue weighted by Gasteiger charge is 2.11. The number of halogens is 3. The minimum absolute atomic E-state index is 0.0586. The molecule has 0 radical (unpaired) electrons. The second-order valence-electron chi connectivity index (χ2n) is 4.37. The molecule has 0 saturated carbocycles. The average molecular weight is 431 g/mol. The highest BCUT2D eigenvalue weighted by atomic mass is 127. The molecule has 1 N–H and O–H groups in total. The second kappa shape index (κ2) is 6.57. The van der Waals surface area contributed by atoms with Crippen molar-refractivity contribution in [2.45, 2.75) is 6.61 Å². The first-order valence-corrected chi connectivity index (χ1v) is 7.70. The molecule has 1 heterocycles. The third-order valence-electron chi connectivity index (χ3n) is 2.97. The van der Waals surface area contributed by atoms with E-state index in [1.54, 1.807) is 18.2 Å². The van der Waals surface area contributed by atoms with Crippen molar-refractivity contribution in [3.63, 3.8) is 0 Å². The maximum Gasteiger partial charge on any atom is 0.204 e. The quantitative estimate of drug-likeness (QED) is 0.639. The number of aromatic nitrogens is 4. The van der Waals surface area contributed by atoms with Gasteiger partial charge in [0.25, 0.3) is 0 Å². The number of ether oxygens (including phenoxy) is 1. The average Bonchev–Trinajstić information content (AvgIpc) is 3.02. The number of hydrogen-bond donors (Lipinski definition) is 1. The topological polar surface area (TPSA) is 63.7 Å². The van der Waals surface area contributed by atoms with Crippen molar-refractivity contribution < 1.29 is 9.13 Å². The minimum atomic E-state index is -0.383. The molecule has 112 valence electrons. The number of nitrogens with zero attached hydrogens (tertiary/aromatic N) is 3. The van der Waals surface area contributed by atoms with Crippen molar-refractivity contribution in [3.05, 3.63) is 56.4 Å². The van der Waals surface area contributed by atoms with E-state index in [-0.39, 0.29) is 12.4 Å². The van der Waals surface area contributed by atoms with E-state index in [0.29, 0.717) is 22.2 Å². The summed E-state index contributed by atoms with van der Waals surface area (Å²) in [7, 11) is 0. The molecule has 3 rings (SSSR count). The summed E-state index contributed by atoms with van der Waals surface area (Å²) in [5.74, 6) is 0.750. The molecule has 0 aliphatic carbocycles. The maximum absolute atomic E-state index is 13.7. The van der Waals surface area contributed by atoms with Gasteiger partial charge in [-0.15, -0.1) is 10.2 Å². The van der Waals surface area contributed by atoms with Gasteiger partial charge in [0, 0.05) is 11.1 Å². The van der Waals surface area contributed by atoms with Crippen molar-refractivity contribution in [3.8, 4) is 17.1 Å². The first-order chi connectivity index (χ1) is 10.6. The van der Waals surface area contributed by atoms with Crippen LogP contribution in [0.2, 0.25) is 5.02 Å². The molecule has 0 atom stereocenters. The summed E-state index contributed by atoms with van der Waals surface area (Å²) >= 11 is 8.11. The number of aromatic amines is 1. The van der Waals surface area contributed by atoms with Gasteiger partial charge in [0.1, 0.15) is 18.2 Å². The molecular weight excluding hydrogens is 422 g/mol. The molecule has 5 nitrogen and oxygen atoms in total. The summed E-state index contributed by atoms with van der Waals surface area (Å²) in [6.07, 6.45) is 0. The standard InChI is InChI=1S/C14H9ClFIN4O/c15-10-2-1-3-11(16)9(10)7-22-13-5-4-8(6-12(13)17)14-18-20-21-19-14/h1-6H,7H2,(H,18,19,20,21). The van der Waals surface area contributed by atoms with Gasteiger partial charge in [-0.2, -0.15) is 5.21 Å². The van der Waals surface area contributed by atoms with Crippen LogP contribution in [0.3, 0.4) is 0 Å². The third-order valence-corrected chi connectivity index (χ3v) is 4.17. The fourth-order valence-corrected chi connectivity index (χ4v) is 2.75. The van der Waals surface area contributed by atoms with Gasteiger partial charge in [0.2, 0.25) is 5.82 Å². The zero-order valence-corrected chi connectivity index (χ0v) is 14.0. The zero-order valence-electron chi connectivity index (χ0n) is 11.1. The molecule has 0 saturated heterocycles. The summed E-state index contributed by atoms with van der Waals surface area (Å²) < 4.78 is 20.2. The first kappa shape index (κ1) is 15.2. The van der Waals surface area contributed by atoms with Crippen LogP contribution in [0.25, 0.3) is 11.4 Å². The van der Waals surface area contributed by atoms with Gasteiger partial charge in [-0.1, -0.05) is 17.7 Å². The molecule has 0 spiro atoms. The smallest absolute Gasteiger partial charge is 0.204 e. The minimum Gasteiger partial charge on any atom is -0.488 e. The molecule has 0 aliphatic rings. The van der Waals surface area contributed by atoms with E-state index in [1.165, 1.54) is 6.07 Å². The van der Waals surface area contributed by atoms with Crippen molar-refractivity contribution in [2.24, 2.45) is 0 Å². The third kappa shape index (κ3) is 3.20. The van der Waals surface area contributed by atoms with Crippen LogP contribution in [-0.2, 0) is 6.61 Å². The Hall–Kier alpha value is -1.74. The van der Waals surface area contributed by atoms with Crippen LogP contribution in [0.4, 0.5) is 4.39 Å². The Morgan fingerprint density at radius 1 is 1.27 bits per heavy atom. The van der Waals surface area contributed by atoms with Crippen LogP contribution < -0.4 is 4.74 Å². The van der Waals surface area contributed by atoms with Gasteiger partial charge in [0.05, 0.1) is 8.59 Å². The number of H-pyrrole nitrogens is 1. The van der Waals surface area contributed by atoms with Crippen LogP contribution in [0.15, 0.2) is 36.4 Å². The number of nitrogens with one attached hydrogen (secondary N) is 1. The summed E-state index contributed by atoms with van der Waals surface area (Å²) in [4.78, 5) is 0. The predicted molar refractivity (Wildman–Crippen MR) is 88.1 cm³/mol. The van der Waals surface area contributed by atoms with Crippen molar-refractivity contribution >= 4 is 34.2 Å². The van der Waals surface area contributed by atoms with E-state index >= 15 is 0 Å².